The predicted octanol–water partition coefficient (Wildman–Crippen LogP) is 5.75. The minimum absolute atomic E-state index is 0.255. The molecule has 2 amide bonds. The van der Waals surface area contributed by atoms with E-state index in [0.717, 1.165) is 11.1 Å². The van der Waals surface area contributed by atoms with Gasteiger partial charge in [0.15, 0.2) is 0 Å². The van der Waals surface area contributed by atoms with Crippen molar-refractivity contribution in [3.63, 3.8) is 0 Å². The highest BCUT2D eigenvalue weighted by Crippen LogP contribution is 2.22. The summed E-state index contributed by atoms with van der Waals surface area (Å²) in [6, 6.07) is 29.0. The first-order chi connectivity index (χ1) is 19.5. The fourth-order valence-electron chi connectivity index (χ4n) is 3.40. The van der Waals surface area contributed by atoms with E-state index in [1.165, 1.54) is 12.4 Å². The molecule has 0 unspecified atom stereocenters. The van der Waals surface area contributed by atoms with Crippen molar-refractivity contribution in [3.05, 3.63) is 129 Å². The molecule has 0 radical (unpaired) electrons. The van der Waals surface area contributed by atoms with Gasteiger partial charge in [-0.1, -0.05) is 83.9 Å². The van der Waals surface area contributed by atoms with E-state index < -0.39 is 11.8 Å². The first-order valence-electron chi connectivity index (χ1n) is 12.1. The van der Waals surface area contributed by atoms with Gasteiger partial charge in [-0.2, -0.15) is 10.2 Å². The largest absolute Gasteiger partial charge is 0.488 e. The molecule has 4 aromatic rings. The van der Waals surface area contributed by atoms with E-state index in [1.54, 1.807) is 48.5 Å². The van der Waals surface area contributed by atoms with Gasteiger partial charge in [0, 0.05) is 32.3 Å². The zero-order valence-electron chi connectivity index (χ0n) is 21.1. The van der Waals surface area contributed by atoms with Gasteiger partial charge < -0.3 is 9.47 Å². The number of benzene rings is 4. The topological polar surface area (TPSA) is 101 Å². The van der Waals surface area contributed by atoms with Gasteiger partial charge in [-0.3, -0.25) is 9.59 Å². The van der Waals surface area contributed by atoms with Crippen molar-refractivity contribution in [2.45, 2.75) is 13.2 Å². The highest BCUT2D eigenvalue weighted by molar-refractivity contribution is 6.35. The SMILES string of the molecule is O=C(N/N=C/c1ccccc1OCc1ccccc1Cl)C(=O)N/N=C/c1ccccc1OCc1ccccc1Cl. The molecule has 0 heterocycles. The summed E-state index contributed by atoms with van der Waals surface area (Å²) in [6.07, 6.45) is 2.76. The van der Waals surface area contributed by atoms with Crippen molar-refractivity contribution in [3.8, 4) is 11.5 Å². The average molecular weight is 575 g/mol. The summed E-state index contributed by atoms with van der Waals surface area (Å²) in [6.45, 7) is 0.511. The van der Waals surface area contributed by atoms with Crippen LogP contribution >= 0.6 is 23.2 Å². The monoisotopic (exact) mass is 574 g/mol. The average Bonchev–Trinajstić information content (AvgIpc) is 2.97. The highest BCUT2D eigenvalue weighted by Gasteiger charge is 2.12. The van der Waals surface area contributed by atoms with Crippen LogP contribution in [0.4, 0.5) is 0 Å². The number of ether oxygens (including phenoxy) is 2. The van der Waals surface area contributed by atoms with E-state index in [2.05, 4.69) is 21.1 Å². The van der Waals surface area contributed by atoms with Crippen LogP contribution in [0.2, 0.25) is 10.0 Å². The van der Waals surface area contributed by atoms with Crippen molar-refractivity contribution in [1.82, 2.24) is 10.9 Å². The number of amides is 2. The number of nitrogens with zero attached hydrogens (tertiary/aromatic N) is 2. The standard InChI is InChI=1S/C30H24Cl2N4O4/c31-25-13-5-1-11-23(25)19-39-27-15-7-3-9-21(27)17-33-35-29(37)30(38)36-34-18-22-10-4-8-16-28(22)40-20-24-12-2-6-14-26(24)32/h1-18H,19-20H2,(H,35,37)(H,36,38)/b33-17+,34-18+. The first-order valence-corrected chi connectivity index (χ1v) is 12.8. The third-order valence-electron chi connectivity index (χ3n) is 5.47. The van der Waals surface area contributed by atoms with Gasteiger partial charge >= 0.3 is 11.8 Å². The number of nitrogens with one attached hydrogen (secondary N) is 2. The molecular formula is C30H24Cl2N4O4. The van der Waals surface area contributed by atoms with E-state index in [9.17, 15) is 9.59 Å². The molecule has 40 heavy (non-hydrogen) atoms. The Balaban J connectivity index is 1.29. The minimum atomic E-state index is -0.994. The van der Waals surface area contributed by atoms with Crippen LogP contribution in [-0.4, -0.2) is 24.2 Å². The smallest absolute Gasteiger partial charge is 0.331 e. The summed E-state index contributed by atoms with van der Waals surface area (Å²) >= 11 is 12.4. The van der Waals surface area contributed by atoms with Crippen LogP contribution in [0, 0.1) is 0 Å². The zero-order chi connectivity index (χ0) is 28.2. The summed E-state index contributed by atoms with van der Waals surface area (Å²) in [7, 11) is 0. The second-order valence-corrected chi connectivity index (χ2v) is 9.05. The van der Waals surface area contributed by atoms with Gasteiger partial charge in [0.1, 0.15) is 24.7 Å². The maximum Gasteiger partial charge on any atom is 0.331 e. The fourth-order valence-corrected chi connectivity index (χ4v) is 3.78. The van der Waals surface area contributed by atoms with Gasteiger partial charge in [-0.25, -0.2) is 10.9 Å². The molecule has 0 aromatic heterocycles. The van der Waals surface area contributed by atoms with Gasteiger partial charge in [0.05, 0.1) is 12.4 Å². The van der Waals surface area contributed by atoms with Crippen molar-refractivity contribution < 1.29 is 19.1 Å². The number of carbonyl (C=O) groups is 2. The molecule has 0 aliphatic rings. The van der Waals surface area contributed by atoms with Crippen LogP contribution in [0.25, 0.3) is 0 Å². The lowest BCUT2D eigenvalue weighted by Crippen LogP contribution is -2.35. The van der Waals surface area contributed by atoms with E-state index >= 15 is 0 Å². The summed E-state index contributed by atoms with van der Waals surface area (Å²) in [5.41, 5.74) is 7.21. The number of hydrogen-bond acceptors (Lipinski definition) is 6. The third kappa shape index (κ3) is 8.17. The molecule has 0 aliphatic heterocycles. The van der Waals surface area contributed by atoms with Gasteiger partial charge in [0.2, 0.25) is 0 Å². The first kappa shape index (κ1) is 28.4. The van der Waals surface area contributed by atoms with Gasteiger partial charge in [0.25, 0.3) is 0 Å². The third-order valence-corrected chi connectivity index (χ3v) is 6.20. The Morgan fingerprint density at radius 1 is 0.600 bits per heavy atom. The maximum absolute atomic E-state index is 12.2. The highest BCUT2D eigenvalue weighted by atomic mass is 35.5. The molecule has 0 spiro atoms. The summed E-state index contributed by atoms with van der Waals surface area (Å²) in [5, 5.41) is 8.92. The Bertz CT molecular complexity index is 1430. The maximum atomic E-state index is 12.2. The minimum Gasteiger partial charge on any atom is -0.488 e. The number of para-hydroxylation sites is 2. The molecule has 2 N–H and O–H groups in total. The molecule has 4 rings (SSSR count). The lowest BCUT2D eigenvalue weighted by Gasteiger charge is -2.10. The number of carbonyl (C=O) groups excluding carboxylic acids is 2. The molecule has 4 aromatic carbocycles. The normalized spacial score (nSPS) is 10.9. The molecular weight excluding hydrogens is 551 g/mol. The molecule has 0 bridgehead atoms. The summed E-state index contributed by atoms with van der Waals surface area (Å²) in [4.78, 5) is 24.3. The molecule has 10 heteroatoms. The van der Waals surface area contributed by atoms with E-state index in [0.29, 0.717) is 32.7 Å². The molecule has 0 atom stereocenters. The van der Waals surface area contributed by atoms with Crippen LogP contribution in [0.15, 0.2) is 107 Å². The Kier molecular flexibility index (Phi) is 10.3. The van der Waals surface area contributed by atoms with Crippen LogP contribution in [0.5, 0.6) is 11.5 Å². The lowest BCUT2D eigenvalue weighted by atomic mass is 10.2. The van der Waals surface area contributed by atoms with Crippen molar-refractivity contribution >= 4 is 47.4 Å². The summed E-state index contributed by atoms with van der Waals surface area (Å²) < 4.78 is 11.7. The molecule has 202 valence electrons. The lowest BCUT2D eigenvalue weighted by molar-refractivity contribution is -0.139. The van der Waals surface area contributed by atoms with Crippen LogP contribution in [0.1, 0.15) is 22.3 Å². The second kappa shape index (κ2) is 14.5. The fraction of sp³-hybridized carbons (Fsp3) is 0.0667. The number of hydrogen-bond donors (Lipinski definition) is 2. The van der Waals surface area contributed by atoms with Crippen LogP contribution in [-0.2, 0) is 22.8 Å². The number of hydrazone groups is 2. The molecule has 0 saturated carbocycles. The number of rotatable bonds is 10. The van der Waals surface area contributed by atoms with Crippen LogP contribution < -0.4 is 20.3 Å². The molecule has 8 nitrogen and oxygen atoms in total. The zero-order valence-corrected chi connectivity index (χ0v) is 22.6. The van der Waals surface area contributed by atoms with Crippen molar-refractivity contribution in [2.75, 3.05) is 0 Å². The molecule has 0 saturated heterocycles. The Morgan fingerprint density at radius 2 is 0.975 bits per heavy atom. The van der Waals surface area contributed by atoms with E-state index in [1.807, 2.05) is 48.5 Å². The summed E-state index contributed by atoms with van der Waals surface area (Å²) in [5.74, 6) is -0.924. The quantitative estimate of drug-likeness (QED) is 0.143. The predicted molar refractivity (Wildman–Crippen MR) is 156 cm³/mol. The van der Waals surface area contributed by atoms with Gasteiger partial charge in [-0.15, -0.1) is 0 Å². The van der Waals surface area contributed by atoms with Gasteiger partial charge in [-0.05, 0) is 36.4 Å². The van der Waals surface area contributed by atoms with Crippen LogP contribution in [0.3, 0.4) is 0 Å². The Morgan fingerprint density at radius 3 is 1.40 bits per heavy atom. The number of halogens is 2. The van der Waals surface area contributed by atoms with E-state index in [-0.39, 0.29) is 13.2 Å². The van der Waals surface area contributed by atoms with E-state index in [4.69, 9.17) is 32.7 Å². The molecule has 0 aliphatic carbocycles. The van der Waals surface area contributed by atoms with Crippen molar-refractivity contribution in [2.24, 2.45) is 10.2 Å². The molecule has 0 fully saturated rings. The Labute approximate surface area is 241 Å². The second-order valence-electron chi connectivity index (χ2n) is 8.23. The van der Waals surface area contributed by atoms with Crippen molar-refractivity contribution in [1.29, 1.82) is 0 Å². The Hall–Kier alpha value is -4.66.